The molecular weight excluding hydrogens is 302 g/mol. The second-order valence-corrected chi connectivity index (χ2v) is 7.75. The second-order valence-electron chi connectivity index (χ2n) is 7.75. The van der Waals surface area contributed by atoms with Gasteiger partial charge in [0.15, 0.2) is 0 Å². The van der Waals surface area contributed by atoms with E-state index in [2.05, 4.69) is 67.5 Å². The van der Waals surface area contributed by atoms with E-state index >= 15 is 0 Å². The highest BCUT2D eigenvalue weighted by Crippen LogP contribution is 2.39. The maximum Gasteiger partial charge on any atom is 0.0440 e. The van der Waals surface area contributed by atoms with E-state index in [1.807, 2.05) is 0 Å². The summed E-state index contributed by atoms with van der Waals surface area (Å²) in [7, 11) is 4.29. The molecule has 0 saturated heterocycles. The minimum atomic E-state index is 0.713. The Hall–Kier alpha value is -1.76. The van der Waals surface area contributed by atoms with Crippen LogP contribution in [0.15, 0.2) is 48.5 Å². The zero-order valence-corrected chi connectivity index (χ0v) is 16.0. The van der Waals surface area contributed by atoms with Crippen molar-refractivity contribution in [1.82, 2.24) is 0 Å². The monoisotopic (exact) mass is 335 g/mol. The van der Waals surface area contributed by atoms with Crippen LogP contribution in [0, 0.1) is 0 Å². The van der Waals surface area contributed by atoms with E-state index in [0.717, 1.165) is 0 Å². The molecule has 0 amide bonds. The topological polar surface area (TPSA) is 3.24 Å². The van der Waals surface area contributed by atoms with Gasteiger partial charge in [-0.3, -0.25) is 0 Å². The predicted octanol–water partition coefficient (Wildman–Crippen LogP) is 7.03. The van der Waals surface area contributed by atoms with Gasteiger partial charge in [-0.1, -0.05) is 87.4 Å². The Balaban J connectivity index is 1.94. The highest BCUT2D eigenvalue weighted by atomic mass is 15.1. The summed E-state index contributed by atoms with van der Waals surface area (Å²) in [4.78, 5) is 2.24. The number of hydrogen-bond acceptors (Lipinski definition) is 1. The molecule has 2 aromatic carbocycles. The third-order valence-corrected chi connectivity index (χ3v) is 5.68. The fraction of sp³-hybridized carbons (Fsp3) is 0.500. The molecule has 0 heterocycles. The number of nitrogens with zero attached hydrogens (tertiary/aromatic N) is 1. The summed E-state index contributed by atoms with van der Waals surface area (Å²) < 4.78 is 0. The Kier molecular flexibility index (Phi) is 6.55. The van der Waals surface area contributed by atoms with Gasteiger partial charge in [0.1, 0.15) is 0 Å². The molecule has 3 rings (SSSR count). The van der Waals surface area contributed by atoms with E-state index < -0.39 is 0 Å². The summed E-state index contributed by atoms with van der Waals surface area (Å²) in [5.74, 6) is 0.713. The van der Waals surface area contributed by atoms with E-state index in [4.69, 9.17) is 0 Å². The maximum atomic E-state index is 2.39. The Morgan fingerprint density at radius 3 is 1.80 bits per heavy atom. The molecule has 0 atom stereocenters. The lowest BCUT2D eigenvalue weighted by Gasteiger charge is -2.24. The lowest BCUT2D eigenvalue weighted by molar-refractivity contribution is 0.463. The van der Waals surface area contributed by atoms with Gasteiger partial charge < -0.3 is 4.90 Å². The molecule has 1 fully saturated rings. The first-order valence-corrected chi connectivity index (χ1v) is 10.1. The Morgan fingerprint density at radius 1 is 0.640 bits per heavy atom. The van der Waals surface area contributed by atoms with Crippen LogP contribution < -0.4 is 4.90 Å². The number of para-hydroxylation sites is 1. The van der Waals surface area contributed by atoms with E-state index in [1.54, 1.807) is 5.56 Å². The number of hydrogen-bond donors (Lipinski definition) is 0. The van der Waals surface area contributed by atoms with Crippen LogP contribution in [0.2, 0.25) is 0 Å². The van der Waals surface area contributed by atoms with Crippen LogP contribution >= 0.6 is 0 Å². The number of rotatable bonds is 3. The van der Waals surface area contributed by atoms with Crippen molar-refractivity contribution >= 4 is 5.69 Å². The van der Waals surface area contributed by atoms with Crippen LogP contribution in [0.4, 0.5) is 5.69 Å². The summed E-state index contributed by atoms with van der Waals surface area (Å²) in [5.41, 5.74) is 5.70. The van der Waals surface area contributed by atoms with Crippen molar-refractivity contribution in [2.75, 3.05) is 19.0 Å². The molecule has 0 aliphatic heterocycles. The van der Waals surface area contributed by atoms with Gasteiger partial charge in [-0.15, -0.1) is 0 Å². The van der Waals surface area contributed by atoms with Crippen molar-refractivity contribution in [2.24, 2.45) is 0 Å². The fourth-order valence-corrected chi connectivity index (χ4v) is 4.31. The molecule has 0 radical (unpaired) electrons. The zero-order chi connectivity index (χ0) is 17.5. The first kappa shape index (κ1) is 18.0. The van der Waals surface area contributed by atoms with Crippen molar-refractivity contribution in [1.29, 1.82) is 0 Å². The predicted molar refractivity (Wildman–Crippen MR) is 110 cm³/mol. The van der Waals surface area contributed by atoms with Crippen molar-refractivity contribution in [3.05, 3.63) is 54.1 Å². The molecule has 0 aromatic heterocycles. The lowest BCUT2D eigenvalue weighted by atomic mass is 9.83. The SMILES string of the molecule is CN(C)c1ccccc1-c1ccccc1C1CCCCCCCCC1. The molecule has 25 heavy (non-hydrogen) atoms. The van der Waals surface area contributed by atoms with Crippen LogP contribution in [0.1, 0.15) is 69.3 Å². The average Bonchev–Trinajstić information content (AvgIpc) is 2.66. The molecule has 1 heteroatoms. The molecule has 2 aromatic rings. The normalized spacial score (nSPS) is 17.2. The molecule has 1 aliphatic rings. The highest BCUT2D eigenvalue weighted by molar-refractivity contribution is 5.80. The smallest absolute Gasteiger partial charge is 0.0440 e. The molecular formula is C24H33N. The molecule has 1 nitrogen and oxygen atoms in total. The quantitative estimate of drug-likeness (QED) is 0.582. The highest BCUT2D eigenvalue weighted by Gasteiger charge is 2.18. The fourth-order valence-electron chi connectivity index (χ4n) is 4.31. The molecule has 0 spiro atoms. The van der Waals surface area contributed by atoms with Crippen LogP contribution in [0.3, 0.4) is 0 Å². The summed E-state index contributed by atoms with van der Waals surface area (Å²) in [6, 6.07) is 18.0. The first-order chi connectivity index (χ1) is 12.3. The molecule has 1 saturated carbocycles. The Bertz CT molecular complexity index is 649. The average molecular weight is 336 g/mol. The van der Waals surface area contributed by atoms with Gasteiger partial charge in [-0.05, 0) is 36.0 Å². The van der Waals surface area contributed by atoms with Gasteiger partial charge >= 0.3 is 0 Å². The lowest BCUT2D eigenvalue weighted by Crippen LogP contribution is -2.10. The summed E-state index contributed by atoms with van der Waals surface area (Å²) >= 11 is 0. The minimum absolute atomic E-state index is 0.713. The maximum absolute atomic E-state index is 2.39. The van der Waals surface area contributed by atoms with E-state index in [0.29, 0.717) is 5.92 Å². The third kappa shape index (κ3) is 4.66. The minimum Gasteiger partial charge on any atom is -0.377 e. The summed E-state index contributed by atoms with van der Waals surface area (Å²) in [5, 5.41) is 0. The van der Waals surface area contributed by atoms with Gasteiger partial charge in [0.2, 0.25) is 0 Å². The van der Waals surface area contributed by atoms with Crippen LogP contribution in [-0.2, 0) is 0 Å². The van der Waals surface area contributed by atoms with E-state index in [1.165, 1.54) is 74.6 Å². The second kappa shape index (κ2) is 9.08. The van der Waals surface area contributed by atoms with Crippen molar-refractivity contribution < 1.29 is 0 Å². The van der Waals surface area contributed by atoms with Gasteiger partial charge in [0, 0.05) is 25.3 Å². The Morgan fingerprint density at radius 2 is 1.16 bits per heavy atom. The van der Waals surface area contributed by atoms with Crippen LogP contribution in [-0.4, -0.2) is 14.1 Å². The first-order valence-electron chi connectivity index (χ1n) is 10.1. The third-order valence-electron chi connectivity index (χ3n) is 5.68. The van der Waals surface area contributed by atoms with Crippen molar-refractivity contribution in [2.45, 2.75) is 63.7 Å². The van der Waals surface area contributed by atoms with Gasteiger partial charge in [0.25, 0.3) is 0 Å². The van der Waals surface area contributed by atoms with Crippen molar-refractivity contribution in [3.8, 4) is 11.1 Å². The molecule has 1 aliphatic carbocycles. The molecule has 134 valence electrons. The summed E-state index contributed by atoms with van der Waals surface area (Å²) in [6.07, 6.45) is 12.6. The van der Waals surface area contributed by atoms with Gasteiger partial charge in [-0.2, -0.15) is 0 Å². The number of benzene rings is 2. The standard InChI is InChI=1S/C24H33N/c1-25(2)24-19-13-12-18-23(24)22-17-11-10-16-21(22)20-14-8-6-4-3-5-7-9-15-20/h10-13,16-20H,3-9,14-15H2,1-2H3. The summed E-state index contributed by atoms with van der Waals surface area (Å²) in [6.45, 7) is 0. The van der Waals surface area contributed by atoms with Gasteiger partial charge in [-0.25, -0.2) is 0 Å². The van der Waals surface area contributed by atoms with E-state index in [9.17, 15) is 0 Å². The number of anilines is 1. The van der Waals surface area contributed by atoms with E-state index in [-0.39, 0.29) is 0 Å². The largest absolute Gasteiger partial charge is 0.377 e. The zero-order valence-electron chi connectivity index (χ0n) is 16.0. The van der Waals surface area contributed by atoms with Crippen molar-refractivity contribution in [3.63, 3.8) is 0 Å². The Labute approximate surface area is 154 Å². The van der Waals surface area contributed by atoms with Gasteiger partial charge in [0.05, 0.1) is 0 Å². The van der Waals surface area contributed by atoms with Crippen LogP contribution in [0.5, 0.6) is 0 Å². The molecule has 0 N–H and O–H groups in total. The molecule has 0 bridgehead atoms. The van der Waals surface area contributed by atoms with Crippen LogP contribution in [0.25, 0.3) is 11.1 Å². The molecule has 0 unspecified atom stereocenters.